The molecule has 0 saturated heterocycles. The molecule has 0 saturated carbocycles. The van der Waals surface area contributed by atoms with Crippen LogP contribution in [0.2, 0.25) is 0 Å². The van der Waals surface area contributed by atoms with Gasteiger partial charge in [-0.25, -0.2) is 0 Å². The standard InChI is InChI=1S/C12H16O3.ClH/c1-3-8-14-11-6-4-5-7-12(11)15-9-10(2)13;/h3-7,10,13H,1,8-9H2,2H3;1H. The zero-order valence-electron chi connectivity index (χ0n) is 9.26. The molecule has 4 heteroatoms. The van der Waals surface area contributed by atoms with Gasteiger partial charge in [0.2, 0.25) is 0 Å². The average molecular weight is 245 g/mol. The third-order valence-electron chi connectivity index (χ3n) is 1.69. The van der Waals surface area contributed by atoms with E-state index in [1.807, 2.05) is 18.2 Å². The van der Waals surface area contributed by atoms with Gasteiger partial charge in [0.05, 0.1) is 6.10 Å². The molecule has 1 atom stereocenters. The van der Waals surface area contributed by atoms with Gasteiger partial charge in [0, 0.05) is 0 Å². The minimum atomic E-state index is -0.488. The van der Waals surface area contributed by atoms with Gasteiger partial charge in [0.25, 0.3) is 0 Å². The van der Waals surface area contributed by atoms with Gasteiger partial charge in [-0.2, -0.15) is 0 Å². The summed E-state index contributed by atoms with van der Waals surface area (Å²) in [7, 11) is 0. The first-order chi connectivity index (χ1) is 7.24. The van der Waals surface area contributed by atoms with E-state index in [9.17, 15) is 0 Å². The molecule has 16 heavy (non-hydrogen) atoms. The summed E-state index contributed by atoms with van der Waals surface area (Å²) in [4.78, 5) is 0. The van der Waals surface area contributed by atoms with Crippen LogP contribution in [0.15, 0.2) is 36.9 Å². The fraction of sp³-hybridized carbons (Fsp3) is 0.333. The first kappa shape index (κ1) is 14.8. The van der Waals surface area contributed by atoms with Gasteiger partial charge in [-0.15, -0.1) is 12.4 Å². The normalized spacial score (nSPS) is 11.1. The van der Waals surface area contributed by atoms with Gasteiger partial charge in [-0.1, -0.05) is 24.8 Å². The Kier molecular flexibility index (Phi) is 7.42. The lowest BCUT2D eigenvalue weighted by Crippen LogP contribution is -2.13. The van der Waals surface area contributed by atoms with Crippen molar-refractivity contribution < 1.29 is 14.6 Å². The third-order valence-corrected chi connectivity index (χ3v) is 1.69. The Hall–Kier alpha value is -1.19. The smallest absolute Gasteiger partial charge is 0.161 e. The van der Waals surface area contributed by atoms with Crippen LogP contribution >= 0.6 is 12.4 Å². The molecule has 1 aromatic rings. The highest BCUT2D eigenvalue weighted by molar-refractivity contribution is 5.85. The Morgan fingerprint density at radius 2 is 1.88 bits per heavy atom. The summed E-state index contributed by atoms with van der Waals surface area (Å²) < 4.78 is 10.8. The fourth-order valence-corrected chi connectivity index (χ4v) is 1.05. The van der Waals surface area contributed by atoms with Crippen LogP contribution in [0.4, 0.5) is 0 Å². The lowest BCUT2D eigenvalue weighted by atomic mass is 10.3. The highest BCUT2D eigenvalue weighted by Crippen LogP contribution is 2.26. The number of para-hydroxylation sites is 2. The number of rotatable bonds is 6. The molecule has 0 amide bonds. The number of aliphatic hydroxyl groups excluding tert-OH is 1. The second kappa shape index (κ2) is 8.02. The van der Waals surface area contributed by atoms with Crippen LogP contribution in [0.3, 0.4) is 0 Å². The molecule has 0 aliphatic carbocycles. The number of ether oxygens (including phenoxy) is 2. The molecule has 3 nitrogen and oxygen atoms in total. The minimum Gasteiger partial charge on any atom is -0.487 e. The van der Waals surface area contributed by atoms with Gasteiger partial charge < -0.3 is 14.6 Å². The van der Waals surface area contributed by atoms with E-state index in [1.54, 1.807) is 19.1 Å². The Morgan fingerprint density at radius 1 is 1.31 bits per heavy atom. The SMILES string of the molecule is C=CCOc1ccccc1OCC(C)O.Cl. The molecule has 0 aromatic heterocycles. The second-order valence-electron chi connectivity index (χ2n) is 3.21. The summed E-state index contributed by atoms with van der Waals surface area (Å²) in [6.07, 6.45) is 1.18. The lowest BCUT2D eigenvalue weighted by Gasteiger charge is -2.12. The van der Waals surface area contributed by atoms with Gasteiger partial charge in [-0.05, 0) is 19.1 Å². The molecule has 0 aliphatic heterocycles. The van der Waals surface area contributed by atoms with Crippen molar-refractivity contribution >= 4 is 12.4 Å². The zero-order valence-corrected chi connectivity index (χ0v) is 10.1. The molecule has 1 N–H and O–H groups in total. The Labute approximate surface area is 102 Å². The maximum Gasteiger partial charge on any atom is 0.161 e. The van der Waals surface area contributed by atoms with Crippen molar-refractivity contribution in [3.63, 3.8) is 0 Å². The van der Waals surface area contributed by atoms with Crippen molar-refractivity contribution in [1.29, 1.82) is 0 Å². The summed E-state index contributed by atoms with van der Waals surface area (Å²) in [6.45, 7) is 5.95. The molecular formula is C12H17ClO3. The molecular weight excluding hydrogens is 228 g/mol. The molecule has 1 aromatic carbocycles. The molecule has 0 radical (unpaired) electrons. The van der Waals surface area contributed by atoms with Crippen LogP contribution in [-0.2, 0) is 0 Å². The molecule has 0 fully saturated rings. The largest absolute Gasteiger partial charge is 0.487 e. The Balaban J connectivity index is 0.00000225. The van der Waals surface area contributed by atoms with Crippen molar-refractivity contribution in [2.75, 3.05) is 13.2 Å². The average Bonchev–Trinajstić information content (AvgIpc) is 2.24. The van der Waals surface area contributed by atoms with Crippen molar-refractivity contribution in [2.24, 2.45) is 0 Å². The monoisotopic (exact) mass is 244 g/mol. The maximum absolute atomic E-state index is 9.10. The first-order valence-electron chi connectivity index (χ1n) is 4.87. The maximum atomic E-state index is 9.10. The highest BCUT2D eigenvalue weighted by Gasteiger charge is 2.04. The van der Waals surface area contributed by atoms with Gasteiger partial charge in [-0.3, -0.25) is 0 Å². The third kappa shape index (κ3) is 5.05. The molecule has 0 spiro atoms. The van der Waals surface area contributed by atoms with E-state index >= 15 is 0 Å². The predicted octanol–water partition coefficient (Wildman–Crippen LogP) is 2.43. The van der Waals surface area contributed by atoms with Crippen molar-refractivity contribution in [3.05, 3.63) is 36.9 Å². The van der Waals surface area contributed by atoms with Gasteiger partial charge >= 0.3 is 0 Å². The zero-order chi connectivity index (χ0) is 11.1. The van der Waals surface area contributed by atoms with E-state index in [2.05, 4.69) is 6.58 Å². The Bertz CT molecular complexity index is 313. The predicted molar refractivity (Wildman–Crippen MR) is 66.6 cm³/mol. The van der Waals surface area contributed by atoms with Crippen LogP contribution in [0, 0.1) is 0 Å². The quantitative estimate of drug-likeness (QED) is 0.782. The van der Waals surface area contributed by atoms with Crippen LogP contribution in [-0.4, -0.2) is 24.4 Å². The molecule has 0 bridgehead atoms. The van der Waals surface area contributed by atoms with E-state index in [0.717, 1.165) is 0 Å². The number of hydrogen-bond donors (Lipinski definition) is 1. The summed E-state index contributed by atoms with van der Waals surface area (Å²) >= 11 is 0. The summed E-state index contributed by atoms with van der Waals surface area (Å²) in [5.74, 6) is 1.30. The number of aliphatic hydroxyl groups is 1. The molecule has 1 rings (SSSR count). The molecule has 0 aliphatic rings. The van der Waals surface area contributed by atoms with E-state index in [4.69, 9.17) is 14.6 Å². The van der Waals surface area contributed by atoms with Crippen molar-refractivity contribution in [2.45, 2.75) is 13.0 Å². The minimum absolute atomic E-state index is 0. The second-order valence-corrected chi connectivity index (χ2v) is 3.21. The summed E-state index contributed by atoms with van der Waals surface area (Å²) in [5.41, 5.74) is 0. The molecule has 90 valence electrons. The summed E-state index contributed by atoms with van der Waals surface area (Å²) in [6, 6.07) is 7.35. The molecule has 1 unspecified atom stereocenters. The van der Waals surface area contributed by atoms with Crippen LogP contribution in [0.5, 0.6) is 11.5 Å². The highest BCUT2D eigenvalue weighted by atomic mass is 35.5. The number of benzene rings is 1. The van der Waals surface area contributed by atoms with E-state index < -0.39 is 6.10 Å². The lowest BCUT2D eigenvalue weighted by molar-refractivity contribution is 0.120. The van der Waals surface area contributed by atoms with E-state index in [-0.39, 0.29) is 19.0 Å². The van der Waals surface area contributed by atoms with Crippen LogP contribution < -0.4 is 9.47 Å². The number of halogens is 1. The van der Waals surface area contributed by atoms with Gasteiger partial charge in [0.1, 0.15) is 13.2 Å². The van der Waals surface area contributed by atoms with Crippen molar-refractivity contribution in [3.8, 4) is 11.5 Å². The Morgan fingerprint density at radius 3 is 2.38 bits per heavy atom. The molecule has 0 heterocycles. The fourth-order valence-electron chi connectivity index (χ4n) is 1.05. The van der Waals surface area contributed by atoms with Crippen LogP contribution in [0.1, 0.15) is 6.92 Å². The first-order valence-corrected chi connectivity index (χ1v) is 4.87. The number of hydrogen-bond acceptors (Lipinski definition) is 3. The van der Waals surface area contributed by atoms with Crippen molar-refractivity contribution in [1.82, 2.24) is 0 Å². The van der Waals surface area contributed by atoms with E-state index in [0.29, 0.717) is 18.1 Å². The summed E-state index contributed by atoms with van der Waals surface area (Å²) in [5, 5.41) is 9.10. The van der Waals surface area contributed by atoms with E-state index in [1.165, 1.54) is 0 Å². The topological polar surface area (TPSA) is 38.7 Å². The van der Waals surface area contributed by atoms with Gasteiger partial charge in [0.15, 0.2) is 11.5 Å². The van der Waals surface area contributed by atoms with Crippen LogP contribution in [0.25, 0.3) is 0 Å².